The summed E-state index contributed by atoms with van der Waals surface area (Å²) >= 11 is 0. The van der Waals surface area contributed by atoms with Crippen LogP contribution in [0.25, 0.3) is 0 Å². The van der Waals surface area contributed by atoms with E-state index >= 15 is 0 Å². The number of ether oxygens (including phenoxy) is 1. The number of esters is 1. The number of nitro groups is 1. The van der Waals surface area contributed by atoms with Gasteiger partial charge in [-0.2, -0.15) is 4.72 Å². The Kier molecular flexibility index (Phi) is 7.90. The Labute approximate surface area is 185 Å². The number of sulfonamides is 2. The van der Waals surface area contributed by atoms with Gasteiger partial charge in [-0.1, -0.05) is 12.1 Å². The smallest absolute Gasteiger partial charge is 0.321 e. The lowest BCUT2D eigenvalue weighted by Crippen LogP contribution is -2.30. The zero-order chi connectivity index (χ0) is 24.1. The van der Waals surface area contributed by atoms with Crippen molar-refractivity contribution >= 4 is 37.4 Å². The minimum atomic E-state index is -4.22. The number of carbonyl (C=O) groups excluding carboxylic acids is 1. The summed E-state index contributed by atoms with van der Waals surface area (Å²) < 4.78 is 57.1. The average molecular weight is 487 g/mol. The second-order valence-corrected chi connectivity index (χ2v) is 10.5. The molecule has 0 atom stereocenters. The zero-order valence-electron chi connectivity index (χ0n) is 17.4. The number of nitrogens with zero attached hydrogens (tertiary/aromatic N) is 2. The van der Waals surface area contributed by atoms with Crippen molar-refractivity contribution in [1.82, 2.24) is 9.03 Å². The number of rotatable bonds is 10. The molecule has 0 spiro atoms. The molecule has 0 aliphatic carbocycles. The van der Waals surface area contributed by atoms with Crippen LogP contribution in [0.1, 0.15) is 5.56 Å². The number of nitrogens with one attached hydrogen (secondary N) is 2. The van der Waals surface area contributed by atoms with Crippen LogP contribution >= 0.6 is 0 Å². The van der Waals surface area contributed by atoms with Gasteiger partial charge in [0.2, 0.25) is 20.0 Å². The second-order valence-electron chi connectivity index (χ2n) is 6.61. The van der Waals surface area contributed by atoms with Crippen LogP contribution < -0.4 is 10.0 Å². The lowest BCUT2D eigenvalue weighted by atomic mass is 10.2. The van der Waals surface area contributed by atoms with Gasteiger partial charge in [-0.25, -0.2) is 21.1 Å². The Morgan fingerprint density at radius 2 is 1.78 bits per heavy atom. The van der Waals surface area contributed by atoms with E-state index in [0.29, 0.717) is 5.56 Å². The van der Waals surface area contributed by atoms with Crippen molar-refractivity contribution < 1.29 is 31.3 Å². The maximum Gasteiger partial charge on any atom is 0.321 e. The molecule has 0 bridgehead atoms. The van der Waals surface area contributed by atoms with Crippen LogP contribution in [0.4, 0.5) is 11.4 Å². The largest absolute Gasteiger partial charge is 0.460 e. The third-order valence-corrected chi connectivity index (χ3v) is 7.44. The molecule has 32 heavy (non-hydrogen) atoms. The fourth-order valence-corrected chi connectivity index (χ4v) is 4.46. The predicted molar refractivity (Wildman–Crippen MR) is 115 cm³/mol. The summed E-state index contributed by atoms with van der Waals surface area (Å²) in [6.45, 7) is -1.00. The van der Waals surface area contributed by atoms with Crippen LogP contribution in [0, 0.1) is 10.1 Å². The quantitative estimate of drug-likeness (QED) is 0.282. The number of nitro benzene ring substituents is 1. The molecule has 0 aliphatic rings. The van der Waals surface area contributed by atoms with Gasteiger partial charge in [0.05, 0.1) is 14.7 Å². The fraction of sp³-hybridized carbons (Fsp3) is 0.278. The van der Waals surface area contributed by atoms with Crippen LogP contribution in [0.2, 0.25) is 0 Å². The maximum atomic E-state index is 12.4. The summed E-state index contributed by atoms with van der Waals surface area (Å²) in [6.07, 6.45) is 0. The van der Waals surface area contributed by atoms with Gasteiger partial charge in [-0.15, -0.1) is 0 Å². The molecule has 0 saturated carbocycles. The van der Waals surface area contributed by atoms with Crippen LogP contribution in [0.5, 0.6) is 0 Å². The fourth-order valence-electron chi connectivity index (χ4n) is 2.50. The molecule has 0 radical (unpaired) electrons. The van der Waals surface area contributed by atoms with Gasteiger partial charge in [0.25, 0.3) is 5.69 Å². The molecular formula is C18H22N4O8S2. The third kappa shape index (κ3) is 6.00. The van der Waals surface area contributed by atoms with E-state index in [1.54, 1.807) is 6.07 Å². The Morgan fingerprint density at radius 1 is 1.09 bits per heavy atom. The number of carbonyl (C=O) groups is 1. The molecule has 0 aromatic heterocycles. The molecule has 0 amide bonds. The van der Waals surface area contributed by atoms with Crippen molar-refractivity contribution in [2.24, 2.45) is 0 Å². The highest BCUT2D eigenvalue weighted by molar-refractivity contribution is 7.89. The van der Waals surface area contributed by atoms with E-state index in [1.807, 2.05) is 4.72 Å². The minimum absolute atomic E-state index is 0.0170. The monoisotopic (exact) mass is 486 g/mol. The molecule has 0 saturated heterocycles. The zero-order valence-corrected chi connectivity index (χ0v) is 19.1. The molecule has 2 N–H and O–H groups in total. The third-order valence-electron chi connectivity index (χ3n) is 4.23. The highest BCUT2D eigenvalue weighted by Gasteiger charge is 2.22. The second kappa shape index (κ2) is 10.0. The highest BCUT2D eigenvalue weighted by Crippen LogP contribution is 2.27. The van der Waals surface area contributed by atoms with E-state index in [4.69, 9.17) is 4.74 Å². The molecule has 2 aromatic rings. The first-order valence-electron chi connectivity index (χ1n) is 9.01. The number of benzene rings is 2. The van der Waals surface area contributed by atoms with E-state index in [0.717, 1.165) is 16.4 Å². The van der Waals surface area contributed by atoms with E-state index in [-0.39, 0.29) is 17.2 Å². The van der Waals surface area contributed by atoms with Crippen LogP contribution in [0.15, 0.2) is 52.3 Å². The minimum Gasteiger partial charge on any atom is -0.460 e. The molecule has 174 valence electrons. The van der Waals surface area contributed by atoms with Crippen molar-refractivity contribution in [2.75, 3.05) is 33.0 Å². The van der Waals surface area contributed by atoms with Crippen molar-refractivity contribution in [1.29, 1.82) is 0 Å². The lowest BCUT2D eigenvalue weighted by Gasteiger charge is -2.12. The average Bonchev–Trinajstić information content (AvgIpc) is 2.75. The number of anilines is 1. The van der Waals surface area contributed by atoms with Crippen molar-refractivity contribution in [3.8, 4) is 0 Å². The first-order chi connectivity index (χ1) is 14.9. The summed E-state index contributed by atoms with van der Waals surface area (Å²) in [5.41, 5.74) is 0.0831. The lowest BCUT2D eigenvalue weighted by molar-refractivity contribution is -0.384. The van der Waals surface area contributed by atoms with Crippen LogP contribution in [-0.2, 0) is 36.2 Å². The first-order valence-corrected chi connectivity index (χ1v) is 11.9. The molecular weight excluding hydrogens is 464 g/mol. The van der Waals surface area contributed by atoms with Gasteiger partial charge in [0.1, 0.15) is 18.8 Å². The van der Waals surface area contributed by atoms with Gasteiger partial charge < -0.3 is 10.1 Å². The summed E-state index contributed by atoms with van der Waals surface area (Å²) in [6, 6.07) is 9.04. The van der Waals surface area contributed by atoms with Gasteiger partial charge in [-0.3, -0.25) is 14.9 Å². The van der Waals surface area contributed by atoms with Crippen molar-refractivity contribution in [3.63, 3.8) is 0 Å². The highest BCUT2D eigenvalue weighted by atomic mass is 32.2. The van der Waals surface area contributed by atoms with Crippen molar-refractivity contribution in [3.05, 3.63) is 58.1 Å². The SMILES string of the molecule is CNc1ccc(S(=O)(=O)NCC(=O)OCc2cccc(S(=O)(=O)N(C)C)c2)cc1[N+](=O)[O-]. The number of hydrogen-bond donors (Lipinski definition) is 2. The summed E-state index contributed by atoms with van der Waals surface area (Å²) in [7, 11) is -3.66. The summed E-state index contributed by atoms with van der Waals surface area (Å²) in [4.78, 5) is 22.0. The summed E-state index contributed by atoms with van der Waals surface area (Å²) in [5.74, 6) is -0.921. The maximum absolute atomic E-state index is 12.4. The molecule has 14 heteroatoms. The van der Waals surface area contributed by atoms with Gasteiger partial charge >= 0.3 is 5.97 Å². The molecule has 12 nitrogen and oxygen atoms in total. The Balaban J connectivity index is 2.03. The van der Waals surface area contributed by atoms with E-state index in [2.05, 4.69) is 5.32 Å². The normalized spacial score (nSPS) is 11.9. The van der Waals surface area contributed by atoms with E-state index in [1.165, 1.54) is 45.4 Å². The van der Waals surface area contributed by atoms with Gasteiger partial charge in [-0.05, 0) is 29.8 Å². The molecule has 2 rings (SSSR count). The van der Waals surface area contributed by atoms with Gasteiger partial charge in [0, 0.05) is 27.2 Å². The molecule has 0 unspecified atom stereocenters. The van der Waals surface area contributed by atoms with Crippen LogP contribution in [-0.4, -0.2) is 59.7 Å². The topological polar surface area (TPSA) is 165 Å². The van der Waals surface area contributed by atoms with Crippen LogP contribution in [0.3, 0.4) is 0 Å². The van der Waals surface area contributed by atoms with Crippen molar-refractivity contribution in [2.45, 2.75) is 16.4 Å². The Hall–Kier alpha value is -3.07. The Morgan fingerprint density at radius 3 is 2.38 bits per heavy atom. The number of hydrogen-bond acceptors (Lipinski definition) is 9. The predicted octanol–water partition coefficient (Wildman–Crippen LogP) is 0.909. The van der Waals surface area contributed by atoms with E-state index < -0.39 is 48.1 Å². The Bertz CT molecular complexity index is 1230. The molecule has 0 fully saturated rings. The molecule has 0 aliphatic heterocycles. The summed E-state index contributed by atoms with van der Waals surface area (Å²) in [5, 5.41) is 13.7. The van der Waals surface area contributed by atoms with E-state index in [9.17, 15) is 31.7 Å². The molecule has 0 heterocycles. The standard InChI is InChI=1S/C18H22N4O8S2/c1-19-16-8-7-14(10-17(16)22(24)25)31(26,27)20-11-18(23)30-12-13-5-4-6-15(9-13)32(28,29)21(2)3/h4-10,19-20H,11-12H2,1-3H3. The van der Waals surface area contributed by atoms with Gasteiger partial charge in [0.15, 0.2) is 0 Å². The molecule has 2 aromatic carbocycles. The first kappa shape index (κ1) is 25.2.